The number of ether oxygens (including phenoxy) is 1. The Morgan fingerprint density at radius 1 is 0.864 bits per heavy atom. The lowest BCUT2D eigenvalue weighted by atomic mass is 9.86. The first-order chi connectivity index (χ1) is 28.7. The van der Waals surface area contributed by atoms with Gasteiger partial charge in [-0.2, -0.15) is 10.4 Å². The summed E-state index contributed by atoms with van der Waals surface area (Å²) in [5, 5.41) is 20.7. The molecule has 2 saturated carbocycles. The lowest BCUT2D eigenvalue weighted by Gasteiger charge is -2.39. The van der Waals surface area contributed by atoms with Gasteiger partial charge in [-0.3, -0.25) is 39.0 Å². The van der Waals surface area contributed by atoms with Gasteiger partial charge < -0.3 is 14.5 Å². The molecule has 306 valence electrons. The molecule has 0 radical (unpaired) electrons. The Balaban J connectivity index is 0.681. The fourth-order valence-corrected chi connectivity index (χ4v) is 9.85. The van der Waals surface area contributed by atoms with E-state index in [1.165, 1.54) is 17.4 Å². The van der Waals surface area contributed by atoms with Gasteiger partial charge in [0, 0.05) is 76.4 Å². The highest BCUT2D eigenvalue weighted by Crippen LogP contribution is 2.47. The number of nitriles is 1. The number of H-pyrrole nitrogens is 1. The van der Waals surface area contributed by atoms with Crippen LogP contribution in [-0.2, 0) is 26.8 Å². The van der Waals surface area contributed by atoms with Crippen molar-refractivity contribution >= 4 is 45.3 Å². The first kappa shape index (κ1) is 37.6. The summed E-state index contributed by atoms with van der Waals surface area (Å²) >= 11 is 0. The Bertz CT molecular complexity index is 2510. The maximum atomic E-state index is 13.2. The molecule has 1 unspecified atom stereocenters. The number of carbonyl (C=O) groups is 2. The van der Waals surface area contributed by atoms with Crippen LogP contribution in [0.5, 0.6) is 0 Å². The molecular weight excluding hydrogens is 749 g/mol. The Kier molecular flexibility index (Phi) is 9.67. The Morgan fingerprint density at radius 3 is 2.39 bits per heavy atom. The number of pyridine rings is 1. The van der Waals surface area contributed by atoms with Crippen LogP contribution in [0.25, 0.3) is 33.3 Å². The van der Waals surface area contributed by atoms with E-state index in [1.54, 1.807) is 24.1 Å². The van der Waals surface area contributed by atoms with Crippen LogP contribution in [0.15, 0.2) is 47.7 Å². The number of aromatic nitrogens is 7. The fourth-order valence-electron chi connectivity index (χ4n) is 9.85. The fraction of sp³-hybridized carbons (Fsp3) is 0.535. The second kappa shape index (κ2) is 15.2. The molecule has 2 amide bonds. The number of anilines is 2. The maximum Gasteiger partial charge on any atom is 0.329 e. The lowest BCUT2D eigenvalue weighted by Crippen LogP contribution is -2.48. The number of hydrogen-bond acceptors (Lipinski definition) is 12. The highest BCUT2D eigenvalue weighted by atomic mass is 16.5. The largest absolute Gasteiger partial charge is 0.375 e. The number of imide groups is 1. The molecule has 5 aromatic rings. The summed E-state index contributed by atoms with van der Waals surface area (Å²) in [6.45, 7) is 6.72. The van der Waals surface area contributed by atoms with Gasteiger partial charge in [-0.1, -0.05) is 0 Å². The SMILES string of the molecule is Cn1c(=O)n(C2CCC(=O)NC2=O)c2ccc(N3CCC(OC4CCC(CN5CCN(c6cc(-c7n[nH]c8cnc(C9(C#N)CC9)cc78)ncn6)CC5)CC4)CC3)cc21. The average molecular weight is 799 g/mol. The van der Waals surface area contributed by atoms with Crippen molar-refractivity contribution in [2.75, 3.05) is 55.6 Å². The van der Waals surface area contributed by atoms with Gasteiger partial charge in [-0.15, -0.1) is 0 Å². The lowest BCUT2D eigenvalue weighted by molar-refractivity contribution is -0.135. The highest BCUT2D eigenvalue weighted by molar-refractivity contribution is 6.00. The quantitative estimate of drug-likeness (QED) is 0.205. The molecule has 5 aliphatic rings. The summed E-state index contributed by atoms with van der Waals surface area (Å²) in [6, 6.07) is 11.8. The number of benzene rings is 1. The molecule has 2 aliphatic carbocycles. The van der Waals surface area contributed by atoms with Crippen molar-refractivity contribution in [1.29, 1.82) is 5.26 Å². The number of amides is 2. The van der Waals surface area contributed by atoms with Gasteiger partial charge in [0.05, 0.1) is 57.8 Å². The van der Waals surface area contributed by atoms with E-state index in [1.807, 2.05) is 30.3 Å². The van der Waals surface area contributed by atoms with Crippen LogP contribution in [0.4, 0.5) is 11.5 Å². The zero-order chi connectivity index (χ0) is 40.3. The summed E-state index contributed by atoms with van der Waals surface area (Å²) in [5.74, 6) is 0.888. The van der Waals surface area contributed by atoms with Crippen LogP contribution in [0.3, 0.4) is 0 Å². The first-order valence-corrected chi connectivity index (χ1v) is 21.3. The van der Waals surface area contributed by atoms with Gasteiger partial charge in [-0.25, -0.2) is 14.8 Å². The number of aromatic amines is 1. The molecule has 1 aromatic carbocycles. The van der Waals surface area contributed by atoms with Crippen LogP contribution >= 0.6 is 0 Å². The van der Waals surface area contributed by atoms with Crippen LogP contribution in [-0.4, -0.2) is 109 Å². The molecule has 0 bridgehead atoms. The molecule has 3 aliphatic heterocycles. The number of hydrogen-bond donors (Lipinski definition) is 2. The van der Waals surface area contributed by atoms with E-state index < -0.39 is 17.4 Å². The minimum absolute atomic E-state index is 0.224. The van der Waals surface area contributed by atoms with Gasteiger partial charge in [-0.05, 0) is 88.0 Å². The predicted octanol–water partition coefficient (Wildman–Crippen LogP) is 3.97. The Labute approximate surface area is 341 Å². The summed E-state index contributed by atoms with van der Waals surface area (Å²) in [5.41, 5.74) is 5.01. The van der Waals surface area contributed by atoms with Crippen molar-refractivity contribution in [3.8, 4) is 17.5 Å². The maximum absolute atomic E-state index is 13.2. The highest BCUT2D eigenvalue weighted by Gasteiger charge is 2.46. The number of rotatable bonds is 9. The third kappa shape index (κ3) is 7.14. The van der Waals surface area contributed by atoms with E-state index in [-0.39, 0.29) is 24.1 Å². The van der Waals surface area contributed by atoms with Crippen molar-refractivity contribution in [2.45, 2.75) is 87.9 Å². The van der Waals surface area contributed by atoms with E-state index >= 15 is 0 Å². The zero-order valence-electron chi connectivity index (χ0n) is 33.5. The monoisotopic (exact) mass is 798 g/mol. The topological polar surface area (TPSA) is 183 Å². The van der Waals surface area contributed by atoms with Gasteiger partial charge in [0.25, 0.3) is 0 Å². The molecule has 16 nitrogen and oxygen atoms in total. The molecule has 10 rings (SSSR count). The van der Waals surface area contributed by atoms with Gasteiger partial charge >= 0.3 is 5.69 Å². The van der Waals surface area contributed by atoms with Crippen LogP contribution in [0, 0.1) is 17.2 Å². The molecule has 16 heteroatoms. The van der Waals surface area contributed by atoms with Crippen molar-refractivity contribution in [3.05, 3.63) is 59.0 Å². The molecule has 2 N–H and O–H groups in total. The number of aryl methyl sites for hydroxylation is 1. The van der Waals surface area contributed by atoms with E-state index in [2.05, 4.69) is 51.2 Å². The van der Waals surface area contributed by atoms with Gasteiger partial charge in [0.15, 0.2) is 0 Å². The normalized spacial score (nSPS) is 24.1. The molecule has 0 spiro atoms. The summed E-state index contributed by atoms with van der Waals surface area (Å²) in [4.78, 5) is 58.6. The van der Waals surface area contributed by atoms with Crippen LogP contribution in [0.2, 0.25) is 0 Å². The van der Waals surface area contributed by atoms with Crippen molar-refractivity contribution in [3.63, 3.8) is 0 Å². The standard InChI is InChI=1S/C43H50N12O4/c1-51-36-20-28(4-7-34(36)55(42(51)58)35-8-9-39(56)48-41(35)57)53-14-10-30(11-15-53)59-29-5-2-27(3-6-29)24-52-16-18-54(19-17-52)38-22-32(46-26-47-38)40-31-21-37(43(25-44)12-13-43)45-23-33(31)49-50-40/h4,7,20-23,26-27,29-30,35H,2-3,5-6,8-19,24H2,1H3,(H,49,50)(H,48,56,57). The molecule has 4 aromatic heterocycles. The van der Waals surface area contributed by atoms with E-state index in [9.17, 15) is 19.6 Å². The molecule has 1 atom stereocenters. The van der Waals surface area contributed by atoms with Crippen LogP contribution < -0.4 is 20.8 Å². The van der Waals surface area contributed by atoms with Crippen molar-refractivity contribution in [1.82, 2.24) is 44.5 Å². The molecule has 3 saturated heterocycles. The number of fused-ring (bicyclic) bond motifs is 2. The Hall–Kier alpha value is -5.66. The molecule has 59 heavy (non-hydrogen) atoms. The number of nitrogens with zero attached hydrogens (tertiary/aromatic N) is 10. The smallest absolute Gasteiger partial charge is 0.329 e. The molecular formula is C43H50N12O4. The second-order valence-corrected chi connectivity index (χ2v) is 17.2. The Morgan fingerprint density at radius 2 is 1.64 bits per heavy atom. The third-order valence-corrected chi connectivity index (χ3v) is 13.6. The second-order valence-electron chi connectivity index (χ2n) is 17.2. The number of piperidine rings is 2. The number of carbonyl (C=O) groups excluding carboxylic acids is 2. The summed E-state index contributed by atoms with van der Waals surface area (Å²) < 4.78 is 9.84. The summed E-state index contributed by atoms with van der Waals surface area (Å²) in [7, 11) is 1.74. The predicted molar refractivity (Wildman–Crippen MR) is 221 cm³/mol. The van der Waals surface area contributed by atoms with Crippen molar-refractivity contribution in [2.24, 2.45) is 13.0 Å². The molecule has 5 fully saturated rings. The zero-order valence-corrected chi connectivity index (χ0v) is 33.5. The van der Waals surface area contributed by atoms with Gasteiger partial charge in [0.2, 0.25) is 11.8 Å². The third-order valence-electron chi connectivity index (χ3n) is 13.6. The van der Waals surface area contributed by atoms with Gasteiger partial charge in [0.1, 0.15) is 23.9 Å². The molecule has 7 heterocycles. The number of imidazole rings is 1. The summed E-state index contributed by atoms with van der Waals surface area (Å²) in [6.07, 6.45) is 12.8. The van der Waals surface area contributed by atoms with Crippen molar-refractivity contribution < 1.29 is 14.3 Å². The minimum atomic E-state index is -0.684. The number of nitrogens with one attached hydrogen (secondary N) is 2. The van der Waals surface area contributed by atoms with E-state index in [0.29, 0.717) is 24.0 Å². The first-order valence-electron chi connectivity index (χ1n) is 21.3. The van der Waals surface area contributed by atoms with E-state index in [4.69, 9.17) is 4.74 Å². The van der Waals surface area contributed by atoms with Crippen LogP contribution in [0.1, 0.15) is 75.9 Å². The average Bonchev–Trinajstić information content (AvgIpc) is 3.89. The van der Waals surface area contributed by atoms with E-state index in [0.717, 1.165) is 129 Å². The minimum Gasteiger partial charge on any atom is -0.375 e. The number of piperazine rings is 1.